The Morgan fingerprint density at radius 1 is 0.848 bits per heavy atom. The van der Waals surface area contributed by atoms with Gasteiger partial charge in [0, 0.05) is 6.08 Å². The Morgan fingerprint density at radius 3 is 2.27 bits per heavy atom. The summed E-state index contributed by atoms with van der Waals surface area (Å²) in [6.07, 6.45) is 12.0. The van der Waals surface area contributed by atoms with E-state index in [0.717, 1.165) is 35.1 Å². The predicted octanol–water partition coefficient (Wildman–Crippen LogP) is 7.46. The van der Waals surface area contributed by atoms with Gasteiger partial charge in [-0.1, -0.05) is 69.7 Å². The Morgan fingerprint density at radius 2 is 1.52 bits per heavy atom. The van der Waals surface area contributed by atoms with E-state index < -0.39 is 5.97 Å². The summed E-state index contributed by atoms with van der Waals surface area (Å²) in [7, 11) is 0. The fourth-order valence-electron chi connectivity index (χ4n) is 3.60. The van der Waals surface area contributed by atoms with Crippen molar-refractivity contribution in [2.24, 2.45) is 0 Å². The first kappa shape index (κ1) is 24.1. The monoisotopic (exact) mass is 441 g/mol. The van der Waals surface area contributed by atoms with E-state index in [2.05, 4.69) is 13.0 Å². The van der Waals surface area contributed by atoms with Gasteiger partial charge in [-0.05, 0) is 65.2 Å². The first-order valence-corrected chi connectivity index (χ1v) is 11.7. The second kappa shape index (κ2) is 13.1. The van der Waals surface area contributed by atoms with Crippen molar-refractivity contribution in [2.75, 3.05) is 6.61 Å². The van der Waals surface area contributed by atoms with Crippen LogP contribution < -0.4 is 9.47 Å². The number of carbonyl (C=O) groups is 1. The minimum Gasteiger partial charge on any atom is -0.494 e. The first-order valence-electron chi connectivity index (χ1n) is 11.7. The van der Waals surface area contributed by atoms with Crippen LogP contribution >= 0.6 is 0 Å². The number of esters is 1. The van der Waals surface area contributed by atoms with Gasteiger partial charge < -0.3 is 9.47 Å². The van der Waals surface area contributed by atoms with E-state index in [4.69, 9.17) is 14.7 Å². The normalized spacial score (nSPS) is 10.9. The molecule has 0 heterocycles. The maximum absolute atomic E-state index is 12.2. The molecule has 3 rings (SSSR count). The molecular weight excluding hydrogens is 410 g/mol. The van der Waals surface area contributed by atoms with Crippen LogP contribution in [0.1, 0.15) is 63.0 Å². The lowest BCUT2D eigenvalue weighted by Crippen LogP contribution is -2.03. The summed E-state index contributed by atoms with van der Waals surface area (Å²) < 4.78 is 11.2. The molecule has 4 heteroatoms. The fourth-order valence-corrected chi connectivity index (χ4v) is 3.60. The largest absolute Gasteiger partial charge is 0.494 e. The number of hydrogen-bond donors (Lipinski definition) is 0. The Kier molecular flexibility index (Phi) is 9.54. The van der Waals surface area contributed by atoms with Crippen molar-refractivity contribution in [3.8, 4) is 17.6 Å². The van der Waals surface area contributed by atoms with E-state index in [1.165, 1.54) is 44.6 Å². The third kappa shape index (κ3) is 8.12. The molecule has 0 aliphatic rings. The molecule has 0 bridgehead atoms. The Bertz CT molecular complexity index is 1110. The van der Waals surface area contributed by atoms with Gasteiger partial charge >= 0.3 is 5.97 Å². The molecule has 0 saturated carbocycles. The molecule has 0 spiro atoms. The van der Waals surface area contributed by atoms with Gasteiger partial charge in [-0.15, -0.1) is 0 Å². The minimum atomic E-state index is -0.442. The number of hydrogen-bond acceptors (Lipinski definition) is 4. The van der Waals surface area contributed by atoms with Crippen molar-refractivity contribution >= 4 is 22.8 Å². The fraction of sp³-hybridized carbons (Fsp3) is 0.310. The minimum absolute atomic E-state index is 0.442. The summed E-state index contributed by atoms with van der Waals surface area (Å²) in [4.78, 5) is 12.2. The predicted molar refractivity (Wildman–Crippen MR) is 133 cm³/mol. The standard InChI is InChI=1S/C29H31NO3/c1-2-3-4-5-6-7-8-19-32-27-15-10-23(11-16-27)12-18-29(31)33-28-17-14-25-20-24(22-30)9-13-26(25)21-28/h9-18,20-21H,2-8,19H2,1H3. The molecule has 170 valence electrons. The van der Waals surface area contributed by atoms with Crippen LogP contribution in [0.25, 0.3) is 16.8 Å². The van der Waals surface area contributed by atoms with Gasteiger partial charge in [0.15, 0.2) is 0 Å². The molecule has 4 nitrogen and oxygen atoms in total. The van der Waals surface area contributed by atoms with E-state index in [0.29, 0.717) is 11.3 Å². The average molecular weight is 442 g/mol. The third-order valence-corrected chi connectivity index (χ3v) is 5.47. The highest BCUT2D eigenvalue weighted by molar-refractivity contribution is 5.90. The van der Waals surface area contributed by atoms with Crippen LogP contribution in [0.2, 0.25) is 0 Å². The van der Waals surface area contributed by atoms with Crippen molar-refractivity contribution in [1.29, 1.82) is 5.26 Å². The third-order valence-electron chi connectivity index (χ3n) is 5.47. The summed E-state index contributed by atoms with van der Waals surface area (Å²) in [5.74, 6) is 0.870. The zero-order valence-corrected chi connectivity index (χ0v) is 19.3. The summed E-state index contributed by atoms with van der Waals surface area (Å²) in [6, 6.07) is 20.6. The highest BCUT2D eigenvalue weighted by Crippen LogP contribution is 2.22. The zero-order chi connectivity index (χ0) is 23.3. The van der Waals surface area contributed by atoms with Crippen LogP contribution in [0.3, 0.4) is 0 Å². The molecule has 0 aliphatic carbocycles. The number of rotatable bonds is 12. The number of fused-ring (bicyclic) bond motifs is 1. The van der Waals surface area contributed by atoms with E-state index >= 15 is 0 Å². The summed E-state index contributed by atoms with van der Waals surface area (Å²) in [5, 5.41) is 10.8. The SMILES string of the molecule is CCCCCCCCCOc1ccc(C=CC(=O)Oc2ccc3cc(C#N)ccc3c2)cc1. The molecule has 0 radical (unpaired) electrons. The number of ether oxygens (including phenoxy) is 2. The van der Waals surface area contributed by atoms with E-state index in [9.17, 15) is 4.79 Å². The van der Waals surface area contributed by atoms with Crippen molar-refractivity contribution in [3.05, 3.63) is 77.9 Å². The quantitative estimate of drug-likeness (QED) is 0.127. The van der Waals surface area contributed by atoms with Gasteiger partial charge in [0.2, 0.25) is 0 Å². The van der Waals surface area contributed by atoms with Gasteiger partial charge in [-0.25, -0.2) is 4.79 Å². The number of benzene rings is 3. The summed E-state index contributed by atoms with van der Waals surface area (Å²) in [5.41, 5.74) is 1.50. The molecule has 0 aliphatic heterocycles. The molecular formula is C29H31NO3. The molecule has 0 N–H and O–H groups in total. The maximum Gasteiger partial charge on any atom is 0.336 e. The Hall–Kier alpha value is -3.58. The molecule has 3 aromatic rings. The van der Waals surface area contributed by atoms with E-state index in [1.54, 1.807) is 24.3 Å². The molecule has 0 fully saturated rings. The molecule has 3 aromatic carbocycles. The zero-order valence-electron chi connectivity index (χ0n) is 19.3. The van der Waals surface area contributed by atoms with Gasteiger partial charge in [-0.2, -0.15) is 5.26 Å². The molecule has 0 aromatic heterocycles. The molecule has 0 atom stereocenters. The second-order valence-electron chi connectivity index (χ2n) is 8.13. The number of unbranched alkanes of at least 4 members (excludes halogenated alkanes) is 6. The van der Waals surface area contributed by atoms with Crippen molar-refractivity contribution in [3.63, 3.8) is 0 Å². The lowest BCUT2D eigenvalue weighted by molar-refractivity contribution is -0.128. The van der Waals surface area contributed by atoms with Crippen LogP contribution in [-0.2, 0) is 4.79 Å². The number of nitrogens with zero attached hydrogens (tertiary/aromatic N) is 1. The van der Waals surface area contributed by atoms with Crippen LogP contribution in [-0.4, -0.2) is 12.6 Å². The second-order valence-corrected chi connectivity index (χ2v) is 8.13. The number of carbonyl (C=O) groups excluding carboxylic acids is 1. The lowest BCUT2D eigenvalue weighted by Gasteiger charge is -2.06. The highest BCUT2D eigenvalue weighted by Gasteiger charge is 2.03. The lowest BCUT2D eigenvalue weighted by atomic mass is 10.1. The molecule has 0 saturated heterocycles. The molecule has 0 unspecified atom stereocenters. The van der Waals surface area contributed by atoms with Crippen molar-refractivity contribution in [2.45, 2.75) is 51.9 Å². The maximum atomic E-state index is 12.2. The van der Waals surface area contributed by atoms with Crippen LogP contribution in [0.15, 0.2) is 66.7 Å². The van der Waals surface area contributed by atoms with Crippen molar-refractivity contribution in [1.82, 2.24) is 0 Å². The summed E-state index contributed by atoms with van der Waals surface area (Å²) in [6.45, 7) is 2.97. The van der Waals surface area contributed by atoms with E-state index in [1.807, 2.05) is 42.5 Å². The average Bonchev–Trinajstić information content (AvgIpc) is 2.84. The highest BCUT2D eigenvalue weighted by atomic mass is 16.5. The Balaban J connectivity index is 1.42. The van der Waals surface area contributed by atoms with Crippen molar-refractivity contribution < 1.29 is 14.3 Å². The molecule has 0 amide bonds. The van der Waals surface area contributed by atoms with Gasteiger partial charge in [-0.3, -0.25) is 0 Å². The topological polar surface area (TPSA) is 59.3 Å². The van der Waals surface area contributed by atoms with Gasteiger partial charge in [0.25, 0.3) is 0 Å². The molecule has 33 heavy (non-hydrogen) atoms. The Labute approximate surface area is 196 Å². The number of nitriles is 1. The van der Waals surface area contributed by atoms with E-state index in [-0.39, 0.29) is 0 Å². The van der Waals surface area contributed by atoms with Gasteiger partial charge in [0.05, 0.1) is 18.2 Å². The first-order chi connectivity index (χ1) is 16.2. The smallest absolute Gasteiger partial charge is 0.336 e. The summed E-state index contributed by atoms with van der Waals surface area (Å²) >= 11 is 0. The van der Waals surface area contributed by atoms with Crippen LogP contribution in [0.4, 0.5) is 0 Å². The van der Waals surface area contributed by atoms with Crippen LogP contribution in [0, 0.1) is 11.3 Å². The van der Waals surface area contributed by atoms with Gasteiger partial charge in [0.1, 0.15) is 11.5 Å². The van der Waals surface area contributed by atoms with Crippen LogP contribution in [0.5, 0.6) is 11.5 Å².